The first-order valence-electron chi connectivity index (χ1n) is 8.11. The summed E-state index contributed by atoms with van der Waals surface area (Å²) in [6.45, 7) is 13.0. The number of rotatable bonds is 3. The predicted octanol–water partition coefficient (Wildman–Crippen LogP) is 6.80. The van der Waals surface area contributed by atoms with Gasteiger partial charge < -0.3 is 0 Å². The standard InChI is InChI=1S/3C6H9NS/c1-5(2)6-3-7-8-4-6;1-5(2)6-3-4-8-7-6;1-5(2)6-3-4-7-8-6/h3*3-5H,1-2H3. The van der Waals surface area contributed by atoms with Crippen LogP contribution in [0.2, 0.25) is 0 Å². The zero-order valence-electron chi connectivity index (χ0n) is 15.3. The Labute approximate surface area is 158 Å². The maximum Gasteiger partial charge on any atom is 0.0567 e. The van der Waals surface area contributed by atoms with Crippen molar-refractivity contribution in [1.82, 2.24) is 13.1 Å². The van der Waals surface area contributed by atoms with Crippen molar-refractivity contribution in [3.8, 4) is 0 Å². The zero-order chi connectivity index (χ0) is 17.9. The SMILES string of the molecule is CC(C)c1ccns1.CC(C)c1ccsn1.CC(C)c1cnsc1. The maximum absolute atomic E-state index is 4.16. The summed E-state index contributed by atoms with van der Waals surface area (Å²) >= 11 is 4.62. The van der Waals surface area contributed by atoms with E-state index < -0.39 is 0 Å². The monoisotopic (exact) mass is 381 g/mol. The van der Waals surface area contributed by atoms with Gasteiger partial charge >= 0.3 is 0 Å². The molecule has 3 rings (SSSR count). The molecule has 0 radical (unpaired) electrons. The fourth-order valence-electron chi connectivity index (χ4n) is 1.54. The van der Waals surface area contributed by atoms with Gasteiger partial charge in [0.25, 0.3) is 0 Å². The molecule has 3 heterocycles. The molecule has 0 bridgehead atoms. The number of hydrogen-bond acceptors (Lipinski definition) is 6. The topological polar surface area (TPSA) is 38.7 Å². The van der Waals surface area contributed by atoms with Gasteiger partial charge in [-0.25, -0.2) is 8.75 Å². The van der Waals surface area contributed by atoms with Crippen LogP contribution in [0.3, 0.4) is 0 Å². The Kier molecular flexibility index (Phi) is 9.98. The summed E-state index contributed by atoms with van der Waals surface area (Å²) in [5.41, 5.74) is 2.55. The molecule has 3 aromatic rings. The molecule has 0 aromatic carbocycles. The fourth-order valence-corrected chi connectivity index (χ4v) is 3.47. The fraction of sp³-hybridized carbons (Fsp3) is 0.500. The molecule has 0 atom stereocenters. The van der Waals surface area contributed by atoms with Gasteiger partial charge in [-0.3, -0.25) is 0 Å². The third-order valence-corrected chi connectivity index (χ3v) is 5.42. The molecule has 6 heteroatoms. The molecule has 132 valence electrons. The largest absolute Gasteiger partial charge is 0.201 e. The lowest BCUT2D eigenvalue weighted by molar-refractivity contribution is 0.841. The summed E-state index contributed by atoms with van der Waals surface area (Å²) in [7, 11) is 0. The van der Waals surface area contributed by atoms with Crippen LogP contribution < -0.4 is 0 Å². The van der Waals surface area contributed by atoms with Gasteiger partial charge in [0, 0.05) is 28.0 Å². The first-order valence-corrected chi connectivity index (χ1v) is 10.6. The van der Waals surface area contributed by atoms with E-state index >= 15 is 0 Å². The van der Waals surface area contributed by atoms with E-state index in [0.29, 0.717) is 17.8 Å². The quantitative estimate of drug-likeness (QED) is 0.501. The van der Waals surface area contributed by atoms with Crippen molar-refractivity contribution in [1.29, 1.82) is 0 Å². The van der Waals surface area contributed by atoms with Crippen molar-refractivity contribution in [3.63, 3.8) is 0 Å². The minimum atomic E-state index is 0.584. The summed E-state index contributed by atoms with van der Waals surface area (Å²) in [5.74, 6) is 1.86. The summed E-state index contributed by atoms with van der Waals surface area (Å²) < 4.78 is 12.1. The van der Waals surface area contributed by atoms with Gasteiger partial charge in [0.15, 0.2) is 0 Å². The molecular formula is C18H27N3S3. The van der Waals surface area contributed by atoms with Crippen LogP contribution in [-0.2, 0) is 0 Å². The normalized spacial score (nSPS) is 10.4. The highest BCUT2D eigenvalue weighted by atomic mass is 32.1. The van der Waals surface area contributed by atoms with Crippen LogP contribution in [0.4, 0.5) is 0 Å². The summed E-state index contributed by atoms with van der Waals surface area (Å²) in [4.78, 5) is 1.37. The van der Waals surface area contributed by atoms with Crippen molar-refractivity contribution >= 4 is 34.6 Å². The van der Waals surface area contributed by atoms with Crippen LogP contribution in [0.5, 0.6) is 0 Å². The van der Waals surface area contributed by atoms with Gasteiger partial charge in [0.05, 0.1) is 5.69 Å². The van der Waals surface area contributed by atoms with E-state index in [-0.39, 0.29) is 0 Å². The number of aromatic nitrogens is 3. The van der Waals surface area contributed by atoms with Crippen molar-refractivity contribution in [3.05, 3.63) is 51.4 Å². The van der Waals surface area contributed by atoms with Gasteiger partial charge in [-0.2, -0.15) is 4.37 Å². The van der Waals surface area contributed by atoms with Gasteiger partial charge in [0.2, 0.25) is 0 Å². The Morgan fingerprint density at radius 2 is 1.58 bits per heavy atom. The Hall–Kier alpha value is -1.11. The lowest BCUT2D eigenvalue weighted by atomic mass is 10.1. The second-order valence-electron chi connectivity index (χ2n) is 6.26. The minimum Gasteiger partial charge on any atom is -0.201 e. The van der Waals surface area contributed by atoms with Gasteiger partial charge in [0.1, 0.15) is 0 Å². The van der Waals surface area contributed by atoms with Crippen LogP contribution in [0.15, 0.2) is 35.3 Å². The van der Waals surface area contributed by atoms with E-state index in [2.05, 4.69) is 72.2 Å². The van der Waals surface area contributed by atoms with Crippen LogP contribution in [0.25, 0.3) is 0 Å². The Balaban J connectivity index is 0.000000180. The van der Waals surface area contributed by atoms with E-state index in [0.717, 1.165) is 0 Å². The van der Waals surface area contributed by atoms with Crippen molar-refractivity contribution < 1.29 is 0 Å². The molecule has 3 aromatic heterocycles. The molecule has 0 unspecified atom stereocenters. The summed E-state index contributed by atoms with van der Waals surface area (Å²) in [6.07, 6.45) is 3.77. The molecule has 0 aliphatic heterocycles. The Bertz CT molecular complexity index is 522. The lowest BCUT2D eigenvalue weighted by Gasteiger charge is -1.94. The number of nitrogens with zero attached hydrogens (tertiary/aromatic N) is 3. The summed E-state index contributed by atoms with van der Waals surface area (Å²) in [6, 6.07) is 4.13. The second-order valence-corrected chi connectivity index (χ2v) is 8.45. The molecule has 0 aliphatic carbocycles. The second kappa shape index (κ2) is 11.4. The zero-order valence-corrected chi connectivity index (χ0v) is 17.7. The Morgan fingerprint density at radius 1 is 0.833 bits per heavy atom. The molecule has 0 saturated carbocycles. The van der Waals surface area contributed by atoms with E-state index in [1.807, 2.05) is 17.8 Å². The van der Waals surface area contributed by atoms with Crippen molar-refractivity contribution in [2.75, 3.05) is 0 Å². The van der Waals surface area contributed by atoms with E-state index in [1.54, 1.807) is 11.5 Å². The summed E-state index contributed by atoms with van der Waals surface area (Å²) in [5, 5.41) is 4.10. The van der Waals surface area contributed by atoms with Crippen molar-refractivity contribution in [2.45, 2.75) is 59.3 Å². The van der Waals surface area contributed by atoms with Crippen LogP contribution in [0.1, 0.15) is 75.4 Å². The highest BCUT2D eigenvalue weighted by molar-refractivity contribution is 7.05. The van der Waals surface area contributed by atoms with Gasteiger partial charge in [-0.15, -0.1) is 0 Å². The number of hydrogen-bond donors (Lipinski definition) is 0. The lowest BCUT2D eigenvalue weighted by Crippen LogP contribution is -1.83. The van der Waals surface area contributed by atoms with Crippen LogP contribution >= 0.6 is 34.6 Å². The first kappa shape index (κ1) is 20.9. The molecule has 0 saturated heterocycles. The molecule has 0 N–H and O–H groups in total. The molecule has 24 heavy (non-hydrogen) atoms. The third-order valence-electron chi connectivity index (χ3n) is 3.19. The molecule has 0 spiro atoms. The first-order chi connectivity index (χ1) is 11.4. The average molecular weight is 382 g/mol. The molecule has 3 nitrogen and oxygen atoms in total. The van der Waals surface area contributed by atoms with E-state index in [9.17, 15) is 0 Å². The molecular weight excluding hydrogens is 354 g/mol. The Morgan fingerprint density at radius 3 is 1.83 bits per heavy atom. The van der Waals surface area contributed by atoms with Gasteiger partial charge in [-0.1, -0.05) is 41.5 Å². The highest BCUT2D eigenvalue weighted by Crippen LogP contribution is 2.16. The van der Waals surface area contributed by atoms with Crippen LogP contribution in [-0.4, -0.2) is 13.1 Å². The third kappa shape index (κ3) is 8.13. The molecule has 0 amide bonds. The smallest absolute Gasteiger partial charge is 0.0567 e. The predicted molar refractivity (Wildman–Crippen MR) is 109 cm³/mol. The van der Waals surface area contributed by atoms with E-state index in [1.165, 1.54) is 39.2 Å². The van der Waals surface area contributed by atoms with Crippen molar-refractivity contribution in [2.24, 2.45) is 0 Å². The minimum absolute atomic E-state index is 0.584. The van der Waals surface area contributed by atoms with Crippen LogP contribution in [0, 0.1) is 0 Å². The average Bonchev–Trinajstić information content (AvgIpc) is 3.29. The van der Waals surface area contributed by atoms with E-state index in [4.69, 9.17) is 0 Å². The molecule has 0 aliphatic rings. The highest BCUT2D eigenvalue weighted by Gasteiger charge is 1.98. The maximum atomic E-state index is 4.16. The van der Waals surface area contributed by atoms with Gasteiger partial charge in [-0.05, 0) is 70.0 Å². The molecule has 0 fully saturated rings.